The number of hydrogen-bond donors (Lipinski definition) is 7. The number of nitrogens with one attached hydrogen (secondary N) is 6. The number of benzene rings is 8. The maximum absolute atomic E-state index is 16.2. The van der Waals surface area contributed by atoms with E-state index in [4.69, 9.17) is 18.6 Å². The lowest BCUT2D eigenvalue weighted by atomic mass is 9.77. The lowest BCUT2D eigenvalue weighted by molar-refractivity contribution is -0.143. The number of aliphatic imine (C=N–C) groups is 1. The molecule has 8 aromatic carbocycles. The minimum absolute atomic E-state index is 0.00726. The van der Waals surface area contributed by atoms with Crippen LogP contribution < -0.4 is 31.9 Å². The molecule has 7 N–H and O–H groups in total. The molecule has 1 aliphatic rings. The van der Waals surface area contributed by atoms with Crippen molar-refractivity contribution < 1.29 is 57.3 Å². The van der Waals surface area contributed by atoms with Gasteiger partial charge in [-0.2, -0.15) is 0 Å². The van der Waals surface area contributed by atoms with Crippen LogP contribution in [0.25, 0.3) is 11.1 Å². The van der Waals surface area contributed by atoms with Crippen molar-refractivity contribution in [3.8, 4) is 11.1 Å². The lowest BCUT2D eigenvalue weighted by Gasteiger charge is -2.42. The molecule has 0 spiro atoms. The molecule has 0 fully saturated rings. The summed E-state index contributed by atoms with van der Waals surface area (Å²) in [6, 6.07) is 70.1. The van der Waals surface area contributed by atoms with Gasteiger partial charge in [0.25, 0.3) is 0 Å². The molecular weight excluding hydrogens is 1340 g/mol. The van der Waals surface area contributed by atoms with Crippen LogP contribution in [0.5, 0.6) is 0 Å². The fourth-order valence-corrected chi connectivity index (χ4v) is 14.5. The van der Waals surface area contributed by atoms with Crippen LogP contribution in [0.3, 0.4) is 0 Å². The Kier molecular flexibility index (Phi) is 25.9. The van der Waals surface area contributed by atoms with Gasteiger partial charge in [-0.25, -0.2) is 14.4 Å². The number of carbonyl (C=O) groups excluding carboxylic acids is 6. The molecule has 0 saturated carbocycles. The zero-order chi connectivity index (χ0) is 75.6. The van der Waals surface area contributed by atoms with E-state index in [0.717, 1.165) is 38.9 Å². The Hall–Kier alpha value is -10.7. The molecule has 0 heterocycles. The molecule has 0 aliphatic heterocycles. The molecular formula is C85H99N7O12Si. The van der Waals surface area contributed by atoms with Crippen molar-refractivity contribution in [2.24, 2.45) is 10.9 Å². The van der Waals surface area contributed by atoms with E-state index in [2.05, 4.69) is 36.9 Å². The topological polar surface area (TPSA) is 261 Å². The molecule has 0 bridgehead atoms. The smallest absolute Gasteiger partial charge is 0.437 e. The van der Waals surface area contributed by atoms with Crippen molar-refractivity contribution in [2.45, 2.75) is 165 Å². The number of alkyl carbamates (subject to hydrolysis) is 2. The van der Waals surface area contributed by atoms with E-state index in [0.29, 0.717) is 16.7 Å². The van der Waals surface area contributed by atoms with Crippen LogP contribution in [-0.2, 0) is 48.9 Å². The van der Waals surface area contributed by atoms with Crippen molar-refractivity contribution in [1.82, 2.24) is 31.9 Å². The second kappa shape index (κ2) is 34.7. The Balaban J connectivity index is 1.11. The van der Waals surface area contributed by atoms with Gasteiger partial charge in [0.15, 0.2) is 8.32 Å². The Labute approximate surface area is 617 Å². The number of carboxylic acids is 1. The third-order valence-corrected chi connectivity index (χ3v) is 23.6. The number of fused-ring (bicyclic) bond motifs is 3. The molecule has 0 unspecified atom stereocenters. The van der Waals surface area contributed by atoms with Gasteiger partial charge in [0.2, 0.25) is 23.7 Å². The predicted octanol–water partition coefficient (Wildman–Crippen LogP) is 15.4. The molecule has 8 aromatic rings. The van der Waals surface area contributed by atoms with E-state index in [1.807, 2.05) is 264 Å². The summed E-state index contributed by atoms with van der Waals surface area (Å²) in [5, 5.41) is 29.1. The van der Waals surface area contributed by atoms with Crippen LogP contribution in [0.2, 0.25) is 18.1 Å². The molecule has 19 nitrogen and oxygen atoms in total. The first-order valence-corrected chi connectivity index (χ1v) is 38.7. The number of ether oxygens (including phenoxy) is 3. The summed E-state index contributed by atoms with van der Waals surface area (Å²) < 4.78 is 24.4. The highest BCUT2D eigenvalue weighted by Crippen LogP contribution is 2.45. The molecule has 0 aromatic heterocycles. The highest BCUT2D eigenvalue weighted by atomic mass is 28.4. The van der Waals surface area contributed by atoms with E-state index >= 15 is 14.4 Å². The molecule has 4 atom stereocenters. The highest BCUT2D eigenvalue weighted by Gasteiger charge is 2.45. The van der Waals surface area contributed by atoms with Gasteiger partial charge in [-0.15, -0.1) is 4.99 Å². The molecule has 1 aliphatic carbocycles. The van der Waals surface area contributed by atoms with E-state index in [9.17, 15) is 24.3 Å². The maximum atomic E-state index is 16.2. The lowest BCUT2D eigenvalue weighted by Crippen LogP contribution is -2.58. The molecule has 20 heteroatoms. The number of carbonyl (C=O) groups is 7. The average Bonchev–Trinajstić information content (AvgIpc) is 1.29. The van der Waals surface area contributed by atoms with Gasteiger partial charge in [0, 0.05) is 18.9 Å². The van der Waals surface area contributed by atoms with Crippen LogP contribution in [0.1, 0.15) is 151 Å². The number of aliphatic carboxylic acids is 1. The summed E-state index contributed by atoms with van der Waals surface area (Å²) >= 11 is 0. The quantitative estimate of drug-likeness (QED) is 0.00602. The van der Waals surface area contributed by atoms with E-state index in [1.54, 1.807) is 41.5 Å². The molecule has 105 heavy (non-hydrogen) atoms. The van der Waals surface area contributed by atoms with Crippen LogP contribution in [-0.4, -0.2) is 104 Å². The van der Waals surface area contributed by atoms with Crippen molar-refractivity contribution >= 4 is 56.2 Å². The van der Waals surface area contributed by atoms with Crippen LogP contribution >= 0.6 is 0 Å². The maximum Gasteiger partial charge on any atom is 0.437 e. The molecule has 9 rings (SSSR count). The predicted molar refractivity (Wildman–Crippen MR) is 411 cm³/mol. The first-order chi connectivity index (χ1) is 50.0. The Morgan fingerprint density at radius 2 is 0.914 bits per heavy atom. The fraction of sp³-hybridized carbons (Fsp3) is 0.341. The third kappa shape index (κ3) is 20.6. The SMILES string of the molecule is CC(C)(C)OC(=O)/N=C(\NCCC[C@H](C[C@@H](O[Si](C)(C)C(C)(C)C)[C@H](CCC(=O)NC(c1ccccc1)(c1ccccc1)c1ccccc1)NC(=O)[C@H](CC(=O)NC(c1ccccc1)(c1ccccc1)c1ccccc1)NC(=O)OCC1c2ccccc2-c2ccccc21)C(=O)O)NC(=O)OC(C)(C)C. The summed E-state index contributed by atoms with van der Waals surface area (Å²) in [4.78, 5) is 106. The van der Waals surface area contributed by atoms with Crippen LogP contribution in [0.4, 0.5) is 14.4 Å². The number of carboxylic acid groups (broad SMARTS) is 1. The van der Waals surface area contributed by atoms with Gasteiger partial charge in [-0.3, -0.25) is 24.5 Å². The van der Waals surface area contributed by atoms with Gasteiger partial charge in [0.1, 0.15) is 34.9 Å². The summed E-state index contributed by atoms with van der Waals surface area (Å²) in [6.07, 6.45) is -5.21. The largest absolute Gasteiger partial charge is 0.481 e. The van der Waals surface area contributed by atoms with Gasteiger partial charge in [-0.05, 0) is 141 Å². The highest BCUT2D eigenvalue weighted by molar-refractivity contribution is 6.74. The minimum Gasteiger partial charge on any atom is -0.481 e. The normalized spacial score (nSPS) is 13.8. The van der Waals surface area contributed by atoms with Crippen molar-refractivity contribution in [3.05, 3.63) is 275 Å². The van der Waals surface area contributed by atoms with Gasteiger partial charge in [-0.1, -0.05) is 251 Å². The zero-order valence-electron chi connectivity index (χ0n) is 61.9. The summed E-state index contributed by atoms with van der Waals surface area (Å²) in [5.74, 6) is -4.97. The number of guanidine groups is 1. The molecule has 550 valence electrons. The summed E-state index contributed by atoms with van der Waals surface area (Å²) in [5.41, 5.74) is 3.88. The van der Waals surface area contributed by atoms with Crippen molar-refractivity contribution in [2.75, 3.05) is 13.2 Å². The Morgan fingerprint density at radius 3 is 1.32 bits per heavy atom. The van der Waals surface area contributed by atoms with Gasteiger partial charge < -0.3 is 50.3 Å². The Morgan fingerprint density at radius 1 is 0.505 bits per heavy atom. The summed E-state index contributed by atoms with van der Waals surface area (Å²) in [7, 11) is -3.03. The summed E-state index contributed by atoms with van der Waals surface area (Å²) in [6.45, 7) is 20.0. The van der Waals surface area contributed by atoms with Gasteiger partial charge in [0.05, 0.1) is 24.5 Å². The number of rotatable bonds is 28. The second-order valence-corrected chi connectivity index (χ2v) is 34.8. The number of nitrogens with zero attached hydrogens (tertiary/aromatic N) is 1. The molecule has 6 amide bonds. The molecule has 0 radical (unpaired) electrons. The van der Waals surface area contributed by atoms with Crippen LogP contribution in [0.15, 0.2) is 236 Å². The first kappa shape index (κ1) is 78.4. The number of amides is 6. The van der Waals surface area contributed by atoms with Gasteiger partial charge >= 0.3 is 24.2 Å². The minimum atomic E-state index is -3.03. The fourth-order valence-electron chi connectivity index (χ4n) is 13.1. The molecule has 0 saturated heterocycles. The standard InChI is InChI=1S/C85H99N7O12Si/c1-81(2,3)102-79(99)89-77(90-80(100)103-82(4,5)6)86-54-34-35-58(76(96)97)55-72(104-105(10,11)83(7,8)9)70(52-53-73(93)91-84(59-36-18-12-19-37-59,60-38-20-13-21-39-60)61-40-22-14-23-41-61)87-75(95)71(88-78(98)101-57-69-67-50-32-30-48-65(67)66-49-31-33-51-68(66)69)56-74(94)92-85(62-42-24-15-25-43-62,63-44-26-16-27-45-63)64-46-28-17-29-47-64/h12-33,36-51,58,69-72H,34-35,52-57H2,1-11H3,(H,87,95)(H,88,98)(H,91,93)(H,92,94)(H,96,97)(H2,86,89,90,99,100)/t58-,70+,71+,72-/m1/s1. The third-order valence-electron chi connectivity index (χ3n) is 19.1. The first-order valence-electron chi connectivity index (χ1n) is 35.8. The number of hydrogen-bond acceptors (Lipinski definition) is 11. The van der Waals surface area contributed by atoms with Crippen molar-refractivity contribution in [3.63, 3.8) is 0 Å². The zero-order valence-corrected chi connectivity index (χ0v) is 62.9. The Bertz CT molecular complexity index is 4040. The van der Waals surface area contributed by atoms with E-state index < -0.39 is 108 Å². The van der Waals surface area contributed by atoms with E-state index in [1.165, 1.54) is 0 Å². The van der Waals surface area contributed by atoms with Crippen molar-refractivity contribution in [1.29, 1.82) is 0 Å². The van der Waals surface area contributed by atoms with E-state index in [-0.39, 0.29) is 57.1 Å². The van der Waals surface area contributed by atoms with Crippen LogP contribution in [0, 0.1) is 5.92 Å². The second-order valence-electron chi connectivity index (χ2n) is 30.0. The average molecular weight is 1440 g/mol. The monoisotopic (exact) mass is 1440 g/mol.